The molecule has 0 bridgehead atoms. The SMILES string of the molecule is O=C(N[C@H]1CC[C@H](CCN2CCc3sc(OCc4ccccc4)nc3C2)CC1)c1cccc2ncccc12. The van der Waals surface area contributed by atoms with Gasteiger partial charge in [-0.2, -0.15) is 0 Å². The average molecular weight is 527 g/mol. The number of hydrogen-bond acceptors (Lipinski definition) is 6. The minimum Gasteiger partial charge on any atom is -0.465 e. The third-order valence-electron chi connectivity index (χ3n) is 7.92. The Balaban J connectivity index is 0.945. The van der Waals surface area contributed by atoms with Crippen LogP contribution in [0.2, 0.25) is 0 Å². The quantitative estimate of drug-likeness (QED) is 0.305. The number of aromatic nitrogens is 2. The van der Waals surface area contributed by atoms with Crippen LogP contribution in [0.15, 0.2) is 66.9 Å². The second-order valence-corrected chi connectivity index (χ2v) is 11.6. The van der Waals surface area contributed by atoms with Gasteiger partial charge in [0.1, 0.15) is 6.61 Å². The van der Waals surface area contributed by atoms with Gasteiger partial charge < -0.3 is 10.1 Å². The molecular formula is C31H34N4O2S. The Morgan fingerprint density at radius 2 is 1.89 bits per heavy atom. The van der Waals surface area contributed by atoms with E-state index in [0.29, 0.717) is 6.61 Å². The molecule has 6 nitrogen and oxygen atoms in total. The highest BCUT2D eigenvalue weighted by atomic mass is 32.1. The van der Waals surface area contributed by atoms with Crippen LogP contribution in [0.5, 0.6) is 5.19 Å². The Bertz CT molecular complexity index is 1380. The molecule has 4 aromatic rings. The van der Waals surface area contributed by atoms with Crippen LogP contribution in [0, 0.1) is 5.92 Å². The van der Waals surface area contributed by atoms with Crippen molar-refractivity contribution >= 4 is 28.1 Å². The summed E-state index contributed by atoms with van der Waals surface area (Å²) in [7, 11) is 0. The number of benzene rings is 2. The van der Waals surface area contributed by atoms with Gasteiger partial charge in [0.25, 0.3) is 11.1 Å². The van der Waals surface area contributed by atoms with E-state index in [4.69, 9.17) is 9.72 Å². The van der Waals surface area contributed by atoms with Crippen LogP contribution in [0.1, 0.15) is 58.6 Å². The molecule has 7 heteroatoms. The van der Waals surface area contributed by atoms with Gasteiger partial charge >= 0.3 is 0 Å². The molecule has 1 aliphatic carbocycles. The largest absolute Gasteiger partial charge is 0.465 e. The number of carbonyl (C=O) groups excluding carboxylic acids is 1. The Morgan fingerprint density at radius 1 is 1.03 bits per heavy atom. The number of ether oxygens (including phenoxy) is 1. The zero-order chi connectivity index (χ0) is 25.7. The Morgan fingerprint density at radius 3 is 2.76 bits per heavy atom. The topological polar surface area (TPSA) is 67.4 Å². The summed E-state index contributed by atoms with van der Waals surface area (Å²) < 4.78 is 5.98. The van der Waals surface area contributed by atoms with Crippen molar-refractivity contribution < 1.29 is 9.53 Å². The molecule has 0 spiro atoms. The Kier molecular flexibility index (Phi) is 7.65. The van der Waals surface area contributed by atoms with E-state index in [0.717, 1.165) is 66.5 Å². The molecule has 3 heterocycles. The van der Waals surface area contributed by atoms with Gasteiger partial charge in [-0.05, 0) is 74.8 Å². The maximum absolute atomic E-state index is 13.0. The van der Waals surface area contributed by atoms with Crippen LogP contribution in [-0.2, 0) is 19.6 Å². The molecule has 1 amide bonds. The molecule has 6 rings (SSSR count). The molecule has 38 heavy (non-hydrogen) atoms. The van der Waals surface area contributed by atoms with E-state index in [1.54, 1.807) is 17.5 Å². The van der Waals surface area contributed by atoms with Crippen LogP contribution in [0.3, 0.4) is 0 Å². The monoisotopic (exact) mass is 526 g/mol. The third kappa shape index (κ3) is 5.89. The number of nitrogens with one attached hydrogen (secondary N) is 1. The van der Waals surface area contributed by atoms with Crippen molar-refractivity contribution in [2.45, 2.75) is 57.7 Å². The number of hydrogen-bond donors (Lipinski definition) is 1. The lowest BCUT2D eigenvalue weighted by molar-refractivity contribution is 0.0921. The van der Waals surface area contributed by atoms with Crippen LogP contribution in [-0.4, -0.2) is 39.9 Å². The molecule has 196 valence electrons. The summed E-state index contributed by atoms with van der Waals surface area (Å²) in [5.74, 6) is 0.748. The van der Waals surface area contributed by atoms with Crippen LogP contribution >= 0.6 is 11.3 Å². The lowest BCUT2D eigenvalue weighted by Gasteiger charge is -2.32. The van der Waals surface area contributed by atoms with Gasteiger partial charge in [-0.1, -0.05) is 53.8 Å². The van der Waals surface area contributed by atoms with E-state index in [1.807, 2.05) is 48.5 Å². The second kappa shape index (κ2) is 11.6. The van der Waals surface area contributed by atoms with Crippen molar-refractivity contribution in [1.82, 2.24) is 20.2 Å². The first-order valence-electron chi connectivity index (χ1n) is 13.7. The number of thiazole rings is 1. The lowest BCUT2D eigenvalue weighted by atomic mass is 9.84. The number of rotatable bonds is 8. The smallest absolute Gasteiger partial charge is 0.274 e. The van der Waals surface area contributed by atoms with E-state index in [9.17, 15) is 4.79 Å². The van der Waals surface area contributed by atoms with Crippen molar-refractivity contribution in [3.05, 3.63) is 88.6 Å². The molecule has 1 fully saturated rings. The summed E-state index contributed by atoms with van der Waals surface area (Å²) in [6, 6.07) is 20.1. The minimum absolute atomic E-state index is 0.0200. The minimum atomic E-state index is 0.0200. The molecule has 1 saturated carbocycles. The summed E-state index contributed by atoms with van der Waals surface area (Å²) in [6.45, 7) is 3.70. The van der Waals surface area contributed by atoms with Gasteiger partial charge in [0.15, 0.2) is 0 Å². The normalized spacial score (nSPS) is 19.7. The molecule has 0 radical (unpaired) electrons. The van der Waals surface area contributed by atoms with Crippen molar-refractivity contribution in [2.24, 2.45) is 5.92 Å². The first kappa shape index (κ1) is 25.0. The van der Waals surface area contributed by atoms with E-state index in [2.05, 4.69) is 27.3 Å². The maximum atomic E-state index is 13.0. The molecule has 0 atom stereocenters. The second-order valence-electron chi connectivity index (χ2n) is 10.5. The fourth-order valence-electron chi connectivity index (χ4n) is 5.73. The number of carbonyl (C=O) groups is 1. The molecule has 2 aromatic carbocycles. The molecule has 1 N–H and O–H groups in total. The van der Waals surface area contributed by atoms with E-state index >= 15 is 0 Å². The van der Waals surface area contributed by atoms with Crippen LogP contribution in [0.4, 0.5) is 0 Å². The predicted molar refractivity (Wildman–Crippen MR) is 151 cm³/mol. The number of fused-ring (bicyclic) bond motifs is 2. The van der Waals surface area contributed by atoms with Crippen LogP contribution in [0.25, 0.3) is 10.9 Å². The molecule has 0 saturated heterocycles. The fraction of sp³-hybridized carbons (Fsp3) is 0.387. The highest BCUT2D eigenvalue weighted by Gasteiger charge is 2.26. The predicted octanol–water partition coefficient (Wildman–Crippen LogP) is 6.01. The van der Waals surface area contributed by atoms with E-state index < -0.39 is 0 Å². The van der Waals surface area contributed by atoms with Crippen molar-refractivity contribution in [2.75, 3.05) is 13.1 Å². The summed E-state index contributed by atoms with van der Waals surface area (Å²) in [4.78, 5) is 26.1. The highest BCUT2D eigenvalue weighted by Crippen LogP contribution is 2.32. The average Bonchev–Trinajstić information content (AvgIpc) is 3.38. The van der Waals surface area contributed by atoms with Gasteiger partial charge in [-0.25, -0.2) is 4.98 Å². The number of amides is 1. The first-order chi connectivity index (χ1) is 18.7. The van der Waals surface area contributed by atoms with Crippen molar-refractivity contribution in [3.8, 4) is 5.19 Å². The van der Waals surface area contributed by atoms with Gasteiger partial charge in [0.05, 0.1) is 11.2 Å². The van der Waals surface area contributed by atoms with Gasteiger partial charge in [-0.15, -0.1) is 0 Å². The number of pyridine rings is 1. The number of nitrogens with zero attached hydrogens (tertiary/aromatic N) is 3. The zero-order valence-electron chi connectivity index (χ0n) is 21.6. The van der Waals surface area contributed by atoms with Crippen molar-refractivity contribution in [1.29, 1.82) is 0 Å². The lowest BCUT2D eigenvalue weighted by Crippen LogP contribution is -2.38. The van der Waals surface area contributed by atoms with E-state index in [1.165, 1.54) is 35.4 Å². The highest BCUT2D eigenvalue weighted by molar-refractivity contribution is 7.13. The Hall–Kier alpha value is -3.29. The van der Waals surface area contributed by atoms with Gasteiger partial charge in [0, 0.05) is 41.2 Å². The molecule has 2 aromatic heterocycles. The zero-order valence-corrected chi connectivity index (χ0v) is 22.5. The summed E-state index contributed by atoms with van der Waals surface area (Å²) in [5.41, 5.74) is 3.95. The molecule has 2 aliphatic rings. The summed E-state index contributed by atoms with van der Waals surface area (Å²) in [6.07, 6.45) is 8.50. The summed E-state index contributed by atoms with van der Waals surface area (Å²) in [5, 5.41) is 5.00. The standard InChI is InChI=1S/C31H34N4O2S/c36-30(26-8-4-10-27-25(26)9-5-17-32-27)33-24-13-11-22(12-14-24)15-18-35-19-16-29-28(20-35)34-31(38-29)37-21-23-6-2-1-3-7-23/h1-10,17,22,24H,11-16,18-21H2,(H,33,36)/t22-,24-. The van der Waals surface area contributed by atoms with Gasteiger partial charge in [0.2, 0.25) is 0 Å². The molecule has 0 unspecified atom stereocenters. The fourth-order valence-corrected chi connectivity index (χ4v) is 6.63. The van der Waals surface area contributed by atoms with Crippen LogP contribution < -0.4 is 10.1 Å². The molecule has 1 aliphatic heterocycles. The molecular weight excluding hydrogens is 492 g/mol. The van der Waals surface area contributed by atoms with Crippen molar-refractivity contribution in [3.63, 3.8) is 0 Å². The first-order valence-corrected chi connectivity index (χ1v) is 14.5. The third-order valence-corrected chi connectivity index (χ3v) is 8.99. The maximum Gasteiger partial charge on any atom is 0.274 e. The Labute approximate surface area is 228 Å². The van der Waals surface area contributed by atoms with Gasteiger partial charge in [-0.3, -0.25) is 14.7 Å². The summed E-state index contributed by atoms with van der Waals surface area (Å²) >= 11 is 1.71. The van der Waals surface area contributed by atoms with E-state index in [-0.39, 0.29) is 11.9 Å².